The van der Waals surface area contributed by atoms with E-state index in [-0.39, 0.29) is 5.91 Å². The number of hydrogen-bond donors (Lipinski definition) is 2. The van der Waals surface area contributed by atoms with Crippen LogP contribution in [0.25, 0.3) is 0 Å². The summed E-state index contributed by atoms with van der Waals surface area (Å²) in [5.41, 5.74) is 0.899. The fourth-order valence-electron chi connectivity index (χ4n) is 2.85. The molecule has 0 radical (unpaired) electrons. The van der Waals surface area contributed by atoms with Crippen LogP contribution in [0.3, 0.4) is 0 Å². The van der Waals surface area contributed by atoms with Crippen LogP contribution in [0, 0.1) is 0 Å². The number of carbonyl (C=O) groups excluding carboxylic acids is 1. The number of amides is 1. The van der Waals surface area contributed by atoms with Crippen molar-refractivity contribution in [2.75, 3.05) is 45.9 Å². The number of carbonyl (C=O) groups is 1. The maximum atomic E-state index is 12.3. The fourth-order valence-corrected chi connectivity index (χ4v) is 2.85. The highest BCUT2D eigenvalue weighted by Crippen LogP contribution is 2.33. The van der Waals surface area contributed by atoms with Crippen LogP contribution in [0.5, 0.6) is 17.2 Å². The van der Waals surface area contributed by atoms with Gasteiger partial charge >= 0.3 is 0 Å². The second kappa shape index (κ2) is 8.84. The lowest BCUT2D eigenvalue weighted by Crippen LogP contribution is -2.48. The Labute approximate surface area is 164 Å². The second-order valence-electron chi connectivity index (χ2n) is 6.90. The van der Waals surface area contributed by atoms with Crippen LogP contribution in [0.4, 0.5) is 5.69 Å². The van der Waals surface area contributed by atoms with Crippen molar-refractivity contribution in [2.45, 2.75) is 12.5 Å². The van der Waals surface area contributed by atoms with Gasteiger partial charge in [-0.1, -0.05) is 0 Å². The molecule has 0 spiro atoms. The molecule has 1 heterocycles. The number of nitrogens with one attached hydrogen (secondary N) is 2. The van der Waals surface area contributed by atoms with E-state index in [4.69, 9.17) is 18.9 Å². The van der Waals surface area contributed by atoms with E-state index in [1.807, 2.05) is 31.2 Å². The average molecular weight is 386 g/mol. The van der Waals surface area contributed by atoms with Gasteiger partial charge in [0.1, 0.15) is 36.0 Å². The van der Waals surface area contributed by atoms with Gasteiger partial charge in [-0.15, -0.1) is 0 Å². The molecule has 0 bridgehead atoms. The summed E-state index contributed by atoms with van der Waals surface area (Å²) in [4.78, 5) is 12.3. The molecular formula is C21H26N2O5. The fraction of sp³-hybridized carbons (Fsp3) is 0.381. The van der Waals surface area contributed by atoms with Crippen LogP contribution in [-0.2, 0) is 4.74 Å². The Kier molecular flexibility index (Phi) is 6.26. The zero-order valence-electron chi connectivity index (χ0n) is 16.4. The summed E-state index contributed by atoms with van der Waals surface area (Å²) in [6.45, 7) is 3.81. The molecule has 0 fully saturated rings. The highest BCUT2D eigenvalue weighted by Gasteiger charge is 2.32. The first-order valence-electron chi connectivity index (χ1n) is 9.12. The second-order valence-corrected chi connectivity index (χ2v) is 6.90. The minimum absolute atomic E-state index is 0.150. The largest absolute Gasteiger partial charge is 0.497 e. The lowest BCUT2D eigenvalue weighted by molar-refractivity contribution is 0.0937. The summed E-state index contributed by atoms with van der Waals surface area (Å²) in [5, 5.41) is 6.27. The number of hydrogen-bond acceptors (Lipinski definition) is 6. The molecule has 2 N–H and O–H groups in total. The molecule has 1 aliphatic rings. The highest BCUT2D eigenvalue weighted by molar-refractivity contribution is 5.95. The van der Waals surface area contributed by atoms with Crippen LogP contribution in [0.15, 0.2) is 42.5 Å². The summed E-state index contributed by atoms with van der Waals surface area (Å²) in [6, 6.07) is 12.8. The maximum Gasteiger partial charge on any atom is 0.251 e. The molecule has 0 aromatic heterocycles. The topological polar surface area (TPSA) is 78.1 Å². The first-order valence-corrected chi connectivity index (χ1v) is 9.12. The molecule has 3 rings (SSSR count). The van der Waals surface area contributed by atoms with Crippen LogP contribution >= 0.6 is 0 Å². The van der Waals surface area contributed by atoms with E-state index in [2.05, 4.69) is 10.6 Å². The van der Waals surface area contributed by atoms with Gasteiger partial charge in [0.05, 0.1) is 19.4 Å². The summed E-state index contributed by atoms with van der Waals surface area (Å²) >= 11 is 0. The molecule has 0 saturated heterocycles. The van der Waals surface area contributed by atoms with Gasteiger partial charge in [0.25, 0.3) is 5.91 Å². The van der Waals surface area contributed by atoms with E-state index in [1.54, 1.807) is 32.4 Å². The Morgan fingerprint density at radius 2 is 1.93 bits per heavy atom. The molecule has 1 atom stereocenters. The Morgan fingerprint density at radius 1 is 1.18 bits per heavy atom. The van der Waals surface area contributed by atoms with Crippen molar-refractivity contribution >= 4 is 11.6 Å². The molecule has 1 amide bonds. The van der Waals surface area contributed by atoms with Gasteiger partial charge in [0, 0.05) is 19.2 Å². The lowest BCUT2D eigenvalue weighted by Gasteiger charge is -2.36. The average Bonchev–Trinajstić information content (AvgIpc) is 2.72. The molecule has 7 heteroatoms. The molecule has 2 aromatic rings. The number of anilines is 1. The van der Waals surface area contributed by atoms with Crippen LogP contribution in [-0.4, -0.2) is 52.0 Å². The first kappa shape index (κ1) is 19.8. The summed E-state index contributed by atoms with van der Waals surface area (Å²) in [6.07, 6.45) is 0. The van der Waals surface area contributed by atoms with Crippen LogP contribution < -0.4 is 24.8 Å². The van der Waals surface area contributed by atoms with E-state index < -0.39 is 5.54 Å². The zero-order chi connectivity index (χ0) is 20.0. The number of fused-ring (bicyclic) bond motifs is 1. The third-order valence-corrected chi connectivity index (χ3v) is 4.43. The zero-order valence-corrected chi connectivity index (χ0v) is 16.4. The van der Waals surface area contributed by atoms with Gasteiger partial charge in [-0.25, -0.2) is 0 Å². The Morgan fingerprint density at radius 3 is 2.64 bits per heavy atom. The molecule has 7 nitrogen and oxygen atoms in total. The first-order chi connectivity index (χ1) is 13.5. The smallest absolute Gasteiger partial charge is 0.251 e. The minimum atomic E-state index is -0.432. The molecule has 2 aromatic carbocycles. The summed E-state index contributed by atoms with van der Waals surface area (Å²) in [5.74, 6) is 2.10. The van der Waals surface area contributed by atoms with Gasteiger partial charge < -0.3 is 29.6 Å². The van der Waals surface area contributed by atoms with Crippen molar-refractivity contribution in [1.82, 2.24) is 5.32 Å². The van der Waals surface area contributed by atoms with Crippen molar-refractivity contribution in [2.24, 2.45) is 0 Å². The quantitative estimate of drug-likeness (QED) is 0.680. The van der Waals surface area contributed by atoms with E-state index in [1.165, 1.54) is 0 Å². The number of methoxy groups -OCH3 is 2. The number of rotatable bonds is 8. The van der Waals surface area contributed by atoms with Crippen LogP contribution in [0.2, 0.25) is 0 Å². The standard InChI is InChI=1S/C21H26N2O5/c1-21(13-27-17-7-5-16(26-3)6-8-17)14-28-19-9-4-15(12-18(19)23-21)20(24)22-10-11-25-2/h4-9,12,23H,10-11,13-14H2,1-3H3,(H,22,24). The number of benzene rings is 2. The van der Waals surface area contributed by atoms with E-state index in [0.717, 1.165) is 22.9 Å². The van der Waals surface area contributed by atoms with E-state index in [0.29, 0.717) is 31.9 Å². The predicted molar refractivity (Wildman–Crippen MR) is 107 cm³/mol. The molecular weight excluding hydrogens is 360 g/mol. The maximum absolute atomic E-state index is 12.3. The van der Waals surface area contributed by atoms with Gasteiger partial charge in [0.15, 0.2) is 0 Å². The van der Waals surface area contributed by atoms with Crippen LogP contribution in [0.1, 0.15) is 17.3 Å². The van der Waals surface area contributed by atoms with Gasteiger partial charge in [-0.2, -0.15) is 0 Å². The highest BCUT2D eigenvalue weighted by atomic mass is 16.5. The normalized spacial score (nSPS) is 17.7. The monoisotopic (exact) mass is 386 g/mol. The van der Waals surface area contributed by atoms with Crippen molar-refractivity contribution < 1.29 is 23.7 Å². The van der Waals surface area contributed by atoms with Crippen molar-refractivity contribution in [1.29, 1.82) is 0 Å². The van der Waals surface area contributed by atoms with E-state index >= 15 is 0 Å². The Hall–Kier alpha value is -2.93. The lowest BCUT2D eigenvalue weighted by atomic mass is 10.0. The summed E-state index contributed by atoms with van der Waals surface area (Å²) in [7, 11) is 3.23. The van der Waals surface area contributed by atoms with Gasteiger partial charge in [-0.05, 0) is 49.4 Å². The van der Waals surface area contributed by atoms with Gasteiger partial charge in [0.2, 0.25) is 0 Å². The molecule has 1 unspecified atom stereocenters. The third-order valence-electron chi connectivity index (χ3n) is 4.43. The minimum Gasteiger partial charge on any atom is -0.497 e. The third kappa shape index (κ3) is 4.86. The number of ether oxygens (including phenoxy) is 4. The van der Waals surface area contributed by atoms with Crippen molar-refractivity contribution in [3.63, 3.8) is 0 Å². The van der Waals surface area contributed by atoms with Gasteiger partial charge in [-0.3, -0.25) is 4.79 Å². The SMILES string of the molecule is COCCNC(=O)c1ccc2c(c1)NC(C)(COc1ccc(OC)cc1)CO2. The Balaban J connectivity index is 1.64. The molecule has 150 valence electrons. The van der Waals surface area contributed by atoms with E-state index in [9.17, 15) is 4.79 Å². The molecule has 0 saturated carbocycles. The van der Waals surface area contributed by atoms with Crippen molar-refractivity contribution in [3.8, 4) is 17.2 Å². The summed E-state index contributed by atoms with van der Waals surface area (Å²) < 4.78 is 21.9. The molecule has 1 aliphatic heterocycles. The molecule has 0 aliphatic carbocycles. The Bertz CT molecular complexity index is 809. The predicted octanol–water partition coefficient (Wildman–Crippen LogP) is 2.71. The van der Waals surface area contributed by atoms with Crippen molar-refractivity contribution in [3.05, 3.63) is 48.0 Å². The molecule has 28 heavy (non-hydrogen) atoms.